The van der Waals surface area contributed by atoms with Crippen LogP contribution in [0.25, 0.3) is 27.8 Å². The number of pyridine rings is 1. The van der Waals surface area contributed by atoms with Gasteiger partial charge in [-0.1, -0.05) is 6.07 Å². The number of rotatable bonds is 3. The molecular formula is C19H17N5O2S. The number of nitrogens with zero attached hydrogens (tertiary/aromatic N) is 3. The lowest BCUT2D eigenvalue weighted by atomic mass is 10.1. The minimum absolute atomic E-state index is 0.0989. The first-order valence-corrected chi connectivity index (χ1v) is 8.64. The van der Waals surface area contributed by atoms with Crippen LogP contribution in [-0.4, -0.2) is 26.6 Å². The van der Waals surface area contributed by atoms with Gasteiger partial charge in [-0.15, -0.1) is 0 Å². The molecular weight excluding hydrogens is 362 g/mol. The van der Waals surface area contributed by atoms with E-state index in [2.05, 4.69) is 10.2 Å². The zero-order chi connectivity index (χ0) is 19.1. The second-order valence-electron chi connectivity index (χ2n) is 6.15. The van der Waals surface area contributed by atoms with Crippen LogP contribution < -0.4 is 16.1 Å². The fourth-order valence-corrected chi connectivity index (χ4v) is 3.26. The molecule has 4 rings (SSSR count). The predicted octanol–water partition coefficient (Wildman–Crippen LogP) is 2.94. The maximum absolute atomic E-state index is 13.1. The van der Waals surface area contributed by atoms with Crippen LogP contribution in [0.2, 0.25) is 0 Å². The number of hydrogen-bond acceptors (Lipinski definition) is 5. The van der Waals surface area contributed by atoms with Crippen LogP contribution in [-0.2, 0) is 0 Å². The highest BCUT2D eigenvalue weighted by Crippen LogP contribution is 2.22. The first-order valence-electron chi connectivity index (χ1n) is 8.23. The summed E-state index contributed by atoms with van der Waals surface area (Å²) in [6.45, 7) is 1.91. The molecule has 7 nitrogen and oxygen atoms in total. The Labute approximate surface area is 159 Å². The fourth-order valence-electron chi connectivity index (χ4n) is 3.13. The van der Waals surface area contributed by atoms with Crippen LogP contribution in [0.5, 0.6) is 5.75 Å². The summed E-state index contributed by atoms with van der Waals surface area (Å²) in [4.78, 5) is 13.1. The summed E-state index contributed by atoms with van der Waals surface area (Å²) >= 11 is 5.04. The second-order valence-corrected chi connectivity index (χ2v) is 6.54. The summed E-state index contributed by atoms with van der Waals surface area (Å²) in [5, 5.41) is 8.26. The molecule has 0 aliphatic rings. The normalized spacial score (nSPS) is 11.0. The molecule has 0 aliphatic carbocycles. The molecule has 0 saturated heterocycles. The Hall–Kier alpha value is -3.39. The van der Waals surface area contributed by atoms with E-state index < -0.39 is 0 Å². The van der Waals surface area contributed by atoms with Gasteiger partial charge >= 0.3 is 0 Å². The quantitative estimate of drug-likeness (QED) is 0.422. The Balaban J connectivity index is 1.85. The molecule has 0 bridgehead atoms. The van der Waals surface area contributed by atoms with E-state index in [9.17, 15) is 4.79 Å². The molecule has 8 heteroatoms. The van der Waals surface area contributed by atoms with E-state index in [4.69, 9.17) is 22.8 Å². The zero-order valence-corrected chi connectivity index (χ0v) is 15.6. The third-order valence-corrected chi connectivity index (χ3v) is 4.79. The summed E-state index contributed by atoms with van der Waals surface area (Å²) in [7, 11) is 1.58. The molecule has 3 N–H and O–H groups in total. The van der Waals surface area contributed by atoms with Crippen molar-refractivity contribution in [3.8, 4) is 22.8 Å². The van der Waals surface area contributed by atoms with Crippen molar-refractivity contribution in [2.45, 2.75) is 6.92 Å². The standard InChI is InChI=1S/C19H17N5O2S/c1-11-9-13-5-8-15(26-2)10-16(13)18(25)23(11)14-6-3-12(4-7-14)17-21-22-19(27)24(17)20/h3-10H,20H2,1-2H3,(H,22,27). The average Bonchev–Trinajstić information content (AvgIpc) is 3.01. The number of H-pyrrole nitrogens is 1. The number of fused-ring (bicyclic) bond motifs is 1. The summed E-state index contributed by atoms with van der Waals surface area (Å²) < 4.78 is 8.57. The monoisotopic (exact) mass is 379 g/mol. The molecule has 2 heterocycles. The number of methoxy groups -OCH3 is 1. The van der Waals surface area contributed by atoms with Crippen LogP contribution in [0.15, 0.2) is 53.3 Å². The molecule has 0 fully saturated rings. The van der Waals surface area contributed by atoms with Crippen molar-refractivity contribution in [3.63, 3.8) is 0 Å². The van der Waals surface area contributed by atoms with Gasteiger partial charge in [0, 0.05) is 16.9 Å². The maximum Gasteiger partial charge on any atom is 0.263 e. The van der Waals surface area contributed by atoms with Gasteiger partial charge in [-0.05, 0) is 67.0 Å². The number of benzene rings is 2. The molecule has 0 atom stereocenters. The fraction of sp³-hybridized carbons (Fsp3) is 0.105. The molecule has 2 aromatic carbocycles. The molecule has 0 saturated carbocycles. The van der Waals surface area contributed by atoms with Crippen molar-refractivity contribution in [1.82, 2.24) is 19.4 Å². The van der Waals surface area contributed by atoms with Crippen LogP contribution in [0, 0.1) is 11.7 Å². The number of aromatic amines is 1. The van der Waals surface area contributed by atoms with E-state index in [-0.39, 0.29) is 5.56 Å². The largest absolute Gasteiger partial charge is 0.497 e. The third-order valence-electron chi connectivity index (χ3n) is 4.50. The van der Waals surface area contributed by atoms with Crippen LogP contribution in [0.1, 0.15) is 5.69 Å². The lowest BCUT2D eigenvalue weighted by Gasteiger charge is -2.13. The minimum Gasteiger partial charge on any atom is -0.497 e. The number of ether oxygens (including phenoxy) is 1. The zero-order valence-electron chi connectivity index (χ0n) is 14.8. The van der Waals surface area contributed by atoms with E-state index in [1.54, 1.807) is 17.7 Å². The minimum atomic E-state index is -0.0989. The van der Waals surface area contributed by atoms with E-state index in [1.807, 2.05) is 49.4 Å². The van der Waals surface area contributed by atoms with E-state index in [0.717, 1.165) is 22.3 Å². The lowest BCUT2D eigenvalue weighted by Crippen LogP contribution is -2.20. The summed E-state index contributed by atoms with van der Waals surface area (Å²) in [6, 6.07) is 14.9. The van der Waals surface area contributed by atoms with Gasteiger partial charge in [-0.2, -0.15) is 5.10 Å². The molecule has 0 spiro atoms. The molecule has 2 aromatic heterocycles. The summed E-state index contributed by atoms with van der Waals surface area (Å²) in [5.74, 6) is 7.05. The molecule has 0 unspecified atom stereocenters. The van der Waals surface area contributed by atoms with Crippen LogP contribution >= 0.6 is 12.2 Å². The van der Waals surface area contributed by atoms with Crippen molar-refractivity contribution in [3.05, 3.63) is 69.3 Å². The van der Waals surface area contributed by atoms with Crippen molar-refractivity contribution >= 4 is 23.0 Å². The van der Waals surface area contributed by atoms with E-state index in [1.165, 1.54) is 4.68 Å². The van der Waals surface area contributed by atoms with Crippen LogP contribution in [0.3, 0.4) is 0 Å². The van der Waals surface area contributed by atoms with Crippen molar-refractivity contribution in [2.24, 2.45) is 0 Å². The Morgan fingerprint density at radius 2 is 1.89 bits per heavy atom. The van der Waals surface area contributed by atoms with Gasteiger partial charge in [0.1, 0.15) is 5.75 Å². The molecule has 0 radical (unpaired) electrons. The number of aromatic nitrogens is 4. The Morgan fingerprint density at radius 1 is 1.15 bits per heavy atom. The Kier molecular flexibility index (Phi) is 4.04. The van der Waals surface area contributed by atoms with Crippen molar-refractivity contribution in [1.29, 1.82) is 0 Å². The number of aryl methyl sites for hydroxylation is 1. The van der Waals surface area contributed by atoms with Gasteiger partial charge in [-0.25, -0.2) is 9.77 Å². The van der Waals surface area contributed by atoms with Gasteiger partial charge in [0.2, 0.25) is 4.77 Å². The number of nitrogens with one attached hydrogen (secondary N) is 1. The smallest absolute Gasteiger partial charge is 0.263 e. The molecule has 0 aliphatic heterocycles. The molecule has 136 valence electrons. The summed E-state index contributed by atoms with van der Waals surface area (Å²) in [6.07, 6.45) is 0. The first kappa shape index (κ1) is 17.0. The van der Waals surface area contributed by atoms with Gasteiger partial charge in [0.05, 0.1) is 12.5 Å². The van der Waals surface area contributed by atoms with Crippen LogP contribution in [0.4, 0.5) is 0 Å². The SMILES string of the molecule is COc1ccc2cc(C)n(-c3ccc(-c4n[nH]c(=S)n4N)cc3)c(=O)c2c1. The lowest BCUT2D eigenvalue weighted by molar-refractivity contribution is 0.415. The van der Waals surface area contributed by atoms with Crippen molar-refractivity contribution in [2.75, 3.05) is 13.0 Å². The van der Waals surface area contributed by atoms with E-state index in [0.29, 0.717) is 21.7 Å². The number of nitrogens with two attached hydrogens (primary N) is 1. The van der Waals surface area contributed by atoms with Gasteiger partial charge in [0.15, 0.2) is 5.82 Å². The highest BCUT2D eigenvalue weighted by molar-refractivity contribution is 7.71. The molecule has 4 aromatic rings. The van der Waals surface area contributed by atoms with E-state index >= 15 is 0 Å². The number of hydrogen-bond donors (Lipinski definition) is 2. The first-order chi connectivity index (χ1) is 13.0. The van der Waals surface area contributed by atoms with Gasteiger partial charge in [0.25, 0.3) is 5.56 Å². The Morgan fingerprint density at radius 3 is 2.52 bits per heavy atom. The second kappa shape index (κ2) is 6.40. The molecule has 0 amide bonds. The van der Waals surface area contributed by atoms with Gasteiger partial charge in [-0.3, -0.25) is 9.36 Å². The average molecular weight is 379 g/mol. The predicted molar refractivity (Wildman–Crippen MR) is 107 cm³/mol. The number of nitrogen functional groups attached to an aromatic ring is 1. The highest BCUT2D eigenvalue weighted by atomic mass is 32.1. The third kappa shape index (κ3) is 2.80. The maximum atomic E-state index is 13.1. The summed E-state index contributed by atoms with van der Waals surface area (Å²) in [5.41, 5.74) is 2.29. The topological polar surface area (TPSA) is 90.9 Å². The van der Waals surface area contributed by atoms with Crippen molar-refractivity contribution < 1.29 is 4.74 Å². The van der Waals surface area contributed by atoms with Gasteiger partial charge < -0.3 is 10.6 Å². The Bertz CT molecular complexity index is 1270. The molecule has 27 heavy (non-hydrogen) atoms. The highest BCUT2D eigenvalue weighted by Gasteiger charge is 2.11.